The smallest absolute Gasteiger partial charge is 0.0126 e. The first kappa shape index (κ1) is 31.6. The molecule has 0 saturated heterocycles. The zero-order chi connectivity index (χ0) is 31.4. The van der Waals surface area contributed by atoms with E-state index in [1.807, 2.05) is 0 Å². The van der Waals surface area contributed by atoms with Crippen molar-refractivity contribution in [2.24, 2.45) is 0 Å². The molecule has 0 fully saturated rings. The van der Waals surface area contributed by atoms with Crippen LogP contribution in [0.25, 0.3) is 23.8 Å². The molecule has 0 nitrogen and oxygen atoms in total. The van der Waals surface area contributed by atoms with E-state index >= 15 is 0 Å². The number of hydrogen-bond acceptors (Lipinski definition) is 0. The third-order valence-electron chi connectivity index (χ3n) is 8.73. The van der Waals surface area contributed by atoms with Gasteiger partial charge in [0.05, 0.1) is 0 Å². The maximum absolute atomic E-state index is 4.28. The molecule has 4 rings (SSSR count). The van der Waals surface area contributed by atoms with Crippen molar-refractivity contribution >= 4 is 12.7 Å². The molecule has 0 radical (unpaired) electrons. The Morgan fingerprint density at radius 2 is 0.976 bits per heavy atom. The van der Waals surface area contributed by atoms with Gasteiger partial charge in [-0.15, -0.1) is 0 Å². The van der Waals surface area contributed by atoms with Gasteiger partial charge in [0, 0.05) is 0 Å². The normalized spacial score (nSPS) is 12.5. The Morgan fingerprint density at radius 1 is 0.500 bits per heavy atom. The monoisotopic (exact) mass is 556 g/mol. The maximum atomic E-state index is 4.28. The second kappa shape index (κ2) is 11.0. The van der Waals surface area contributed by atoms with Gasteiger partial charge in [-0.25, -0.2) is 0 Å². The first-order valence-electron chi connectivity index (χ1n) is 15.5. The molecule has 0 aromatic heterocycles. The molecule has 0 heterocycles. The van der Waals surface area contributed by atoms with Gasteiger partial charge in [-0.1, -0.05) is 130 Å². The minimum atomic E-state index is 0.0640. The quantitative estimate of drug-likeness (QED) is 0.230. The fraction of sp³-hybridized carbons (Fsp3) is 0.381. The van der Waals surface area contributed by atoms with Crippen molar-refractivity contribution in [2.75, 3.05) is 0 Å². The van der Waals surface area contributed by atoms with E-state index in [4.69, 9.17) is 0 Å². The minimum absolute atomic E-state index is 0.0640. The molecule has 0 heteroatoms. The average Bonchev–Trinajstić information content (AvgIpc) is 2.85. The Morgan fingerprint density at radius 3 is 1.43 bits per heavy atom. The molecule has 0 saturated carbocycles. The summed E-state index contributed by atoms with van der Waals surface area (Å²) in [6.45, 7) is 33.9. The van der Waals surface area contributed by atoms with Crippen LogP contribution in [0.4, 0.5) is 0 Å². The van der Waals surface area contributed by atoms with Crippen molar-refractivity contribution in [1.29, 1.82) is 0 Å². The van der Waals surface area contributed by atoms with Gasteiger partial charge < -0.3 is 0 Å². The molecule has 42 heavy (non-hydrogen) atoms. The zero-order valence-corrected chi connectivity index (χ0v) is 28.6. The Balaban J connectivity index is 1.88. The summed E-state index contributed by atoms with van der Waals surface area (Å²) in [5, 5.41) is 4.95. The van der Waals surface area contributed by atoms with E-state index in [2.05, 4.69) is 163 Å². The summed E-state index contributed by atoms with van der Waals surface area (Å²) < 4.78 is 0. The molecule has 0 bridgehead atoms. The maximum Gasteiger partial charge on any atom is -0.0126 e. The lowest BCUT2D eigenvalue weighted by Crippen LogP contribution is -2.21. The van der Waals surface area contributed by atoms with Crippen LogP contribution in [0.1, 0.15) is 107 Å². The summed E-state index contributed by atoms with van der Waals surface area (Å²) in [5.41, 5.74) is 13.5. The van der Waals surface area contributed by atoms with Crippen LogP contribution in [-0.2, 0) is 16.2 Å². The Kier molecular flexibility index (Phi) is 8.29. The van der Waals surface area contributed by atoms with Crippen molar-refractivity contribution in [2.45, 2.75) is 106 Å². The molecular formula is C42H52. The fourth-order valence-electron chi connectivity index (χ4n) is 6.00. The molecule has 0 N–H and O–H groups in total. The van der Waals surface area contributed by atoms with E-state index in [1.165, 1.54) is 71.3 Å². The second-order valence-electron chi connectivity index (χ2n) is 15.6. The average molecular weight is 557 g/mol. The summed E-state index contributed by atoms with van der Waals surface area (Å²) in [6.07, 6.45) is 2.40. The van der Waals surface area contributed by atoms with Crippen LogP contribution in [0.2, 0.25) is 0 Å². The highest BCUT2D eigenvalue weighted by atomic mass is 14.3. The molecule has 0 aliphatic rings. The van der Waals surface area contributed by atoms with Crippen molar-refractivity contribution < 1.29 is 0 Å². The lowest BCUT2D eigenvalue weighted by molar-refractivity contribution is 0.569. The zero-order valence-electron chi connectivity index (χ0n) is 28.6. The SMILES string of the molecule is C=c1ccc(=c2cc(C)c(=Cc3c(C)cc(-c4cc(C(C)(C)C)cc(C(C)(C)C)c4)cc3C)c(C)c2)cc1C(C)(C)C. The van der Waals surface area contributed by atoms with Gasteiger partial charge in [-0.2, -0.15) is 0 Å². The minimum Gasteiger partial charge on any atom is -0.0915 e. The standard InChI is InChI=1S/C42H52/c1-26-15-16-31(23-39(26)42(12,13)14)32-17-27(2)37(28(3)18-32)25-38-29(4)19-33(20-30(38)5)34-21-35(40(6,7)8)24-36(22-34)41(9,10)11/h15-25H,1H2,2-14H3. The molecule has 4 aromatic rings. The van der Waals surface area contributed by atoms with Crippen LogP contribution in [0.15, 0.2) is 60.7 Å². The highest BCUT2D eigenvalue weighted by molar-refractivity contribution is 5.72. The van der Waals surface area contributed by atoms with E-state index in [1.54, 1.807) is 0 Å². The van der Waals surface area contributed by atoms with Crippen LogP contribution >= 0.6 is 0 Å². The van der Waals surface area contributed by atoms with Crippen molar-refractivity contribution in [3.63, 3.8) is 0 Å². The third-order valence-corrected chi connectivity index (χ3v) is 8.73. The summed E-state index contributed by atoms with van der Waals surface area (Å²) in [5.74, 6) is 0. The lowest BCUT2D eigenvalue weighted by Gasteiger charge is -2.26. The molecular weight excluding hydrogens is 504 g/mol. The lowest BCUT2D eigenvalue weighted by atomic mass is 9.78. The Labute approximate surface area is 255 Å². The number of hydrogen-bond donors (Lipinski definition) is 0. The molecule has 0 aliphatic carbocycles. The summed E-state index contributed by atoms with van der Waals surface area (Å²) in [6, 6.07) is 23.3. The molecule has 0 unspecified atom stereocenters. The first-order valence-corrected chi connectivity index (χ1v) is 15.5. The number of aryl methyl sites for hydroxylation is 4. The second-order valence-corrected chi connectivity index (χ2v) is 15.6. The Bertz CT molecular complexity index is 1770. The molecule has 4 aromatic carbocycles. The molecule has 220 valence electrons. The van der Waals surface area contributed by atoms with Crippen LogP contribution < -0.4 is 10.4 Å². The molecule has 0 aliphatic heterocycles. The summed E-state index contributed by atoms with van der Waals surface area (Å²) in [7, 11) is 0. The van der Waals surface area contributed by atoms with Gasteiger partial charge in [-0.05, 0) is 127 Å². The van der Waals surface area contributed by atoms with Gasteiger partial charge in [0.1, 0.15) is 0 Å². The number of rotatable bonds is 2. The van der Waals surface area contributed by atoms with Gasteiger partial charge in [-0.3, -0.25) is 0 Å². The highest BCUT2D eigenvalue weighted by Crippen LogP contribution is 2.35. The van der Waals surface area contributed by atoms with Crippen molar-refractivity contribution in [3.8, 4) is 11.1 Å². The van der Waals surface area contributed by atoms with Crippen LogP contribution in [-0.4, -0.2) is 0 Å². The highest BCUT2D eigenvalue weighted by Gasteiger charge is 2.21. The largest absolute Gasteiger partial charge is 0.0915 e. The van der Waals surface area contributed by atoms with Crippen molar-refractivity contribution in [1.82, 2.24) is 0 Å². The Hall–Kier alpha value is -3.38. The summed E-state index contributed by atoms with van der Waals surface area (Å²) >= 11 is 0. The van der Waals surface area contributed by atoms with Crippen LogP contribution in [0.5, 0.6) is 0 Å². The van der Waals surface area contributed by atoms with E-state index < -0.39 is 0 Å². The summed E-state index contributed by atoms with van der Waals surface area (Å²) in [4.78, 5) is 0. The number of benzene rings is 4. The predicted molar refractivity (Wildman–Crippen MR) is 186 cm³/mol. The van der Waals surface area contributed by atoms with Crippen LogP contribution in [0.3, 0.4) is 0 Å². The molecule has 0 amide bonds. The van der Waals surface area contributed by atoms with Crippen molar-refractivity contribution in [3.05, 3.63) is 126 Å². The van der Waals surface area contributed by atoms with Gasteiger partial charge >= 0.3 is 0 Å². The van der Waals surface area contributed by atoms with E-state index in [0.717, 1.165) is 5.22 Å². The molecule has 0 atom stereocenters. The van der Waals surface area contributed by atoms with E-state index in [9.17, 15) is 0 Å². The van der Waals surface area contributed by atoms with E-state index in [0.29, 0.717) is 0 Å². The first-order chi connectivity index (χ1) is 19.3. The predicted octanol–water partition coefficient (Wildman–Crippen LogP) is 10.0. The van der Waals surface area contributed by atoms with Gasteiger partial charge in [0.15, 0.2) is 0 Å². The molecule has 0 spiro atoms. The topological polar surface area (TPSA) is 0 Å². The third kappa shape index (κ3) is 6.64. The van der Waals surface area contributed by atoms with E-state index in [-0.39, 0.29) is 16.2 Å². The van der Waals surface area contributed by atoms with Gasteiger partial charge in [0.2, 0.25) is 0 Å². The fourth-order valence-corrected chi connectivity index (χ4v) is 6.00. The van der Waals surface area contributed by atoms with Crippen LogP contribution in [0, 0.1) is 38.1 Å². The van der Waals surface area contributed by atoms with Gasteiger partial charge in [0.25, 0.3) is 0 Å².